The number of cyclic esters (lactones) is 2. The summed E-state index contributed by atoms with van der Waals surface area (Å²) < 4.78 is 17.7. The molecule has 7 heteroatoms. The van der Waals surface area contributed by atoms with E-state index in [9.17, 15) is 9.59 Å². The molecule has 1 saturated heterocycles. The van der Waals surface area contributed by atoms with Crippen LogP contribution in [0.3, 0.4) is 0 Å². The number of thiazole rings is 1. The van der Waals surface area contributed by atoms with Gasteiger partial charge in [-0.05, 0) is 43.0 Å². The van der Waals surface area contributed by atoms with Crippen LogP contribution in [0.2, 0.25) is 0 Å². The zero-order valence-corrected chi connectivity index (χ0v) is 19.1. The van der Waals surface area contributed by atoms with E-state index in [0.29, 0.717) is 5.01 Å². The Morgan fingerprint density at radius 2 is 1.64 bits per heavy atom. The number of carbonyl (C=O) groups excluding carboxylic acids is 2. The Kier molecular flexibility index (Phi) is 4.94. The van der Waals surface area contributed by atoms with E-state index in [0.717, 1.165) is 32.3 Å². The number of benzene rings is 3. The lowest BCUT2D eigenvalue weighted by atomic mass is 9.92. The van der Waals surface area contributed by atoms with Gasteiger partial charge in [0.15, 0.2) is 10.4 Å². The van der Waals surface area contributed by atoms with Crippen molar-refractivity contribution in [3.8, 4) is 5.75 Å². The van der Waals surface area contributed by atoms with Crippen molar-refractivity contribution in [1.82, 2.24) is 4.98 Å². The van der Waals surface area contributed by atoms with Gasteiger partial charge in [-0.3, -0.25) is 9.59 Å². The Morgan fingerprint density at radius 3 is 2.33 bits per heavy atom. The van der Waals surface area contributed by atoms with Crippen molar-refractivity contribution in [2.75, 3.05) is 7.11 Å². The minimum Gasteiger partial charge on any atom is -0.497 e. The molecule has 1 aromatic heterocycles. The summed E-state index contributed by atoms with van der Waals surface area (Å²) in [5, 5.41) is 2.47. The number of rotatable bonds is 4. The van der Waals surface area contributed by atoms with Crippen molar-refractivity contribution in [3.05, 3.63) is 77.3 Å². The lowest BCUT2D eigenvalue weighted by Crippen LogP contribution is -2.51. The molecule has 0 radical (unpaired) electrons. The first-order valence-corrected chi connectivity index (χ1v) is 11.2. The molecule has 166 valence electrons. The second kappa shape index (κ2) is 7.71. The van der Waals surface area contributed by atoms with Crippen molar-refractivity contribution in [3.63, 3.8) is 0 Å². The fraction of sp³-hybridized carbons (Fsp3) is 0.192. The summed E-state index contributed by atoms with van der Waals surface area (Å²) in [6.07, 6.45) is 3.31. The molecule has 0 unspecified atom stereocenters. The largest absolute Gasteiger partial charge is 0.497 e. The molecule has 0 spiro atoms. The fourth-order valence-electron chi connectivity index (χ4n) is 3.59. The maximum atomic E-state index is 12.8. The zero-order chi connectivity index (χ0) is 23.2. The summed E-state index contributed by atoms with van der Waals surface area (Å²) >= 11 is 1.34. The predicted octanol–water partition coefficient (Wildman–Crippen LogP) is 5.45. The number of hydrogen-bond acceptors (Lipinski definition) is 7. The molecule has 0 atom stereocenters. The molecular formula is C26H21NO5S. The highest BCUT2D eigenvalue weighted by molar-refractivity contribution is 7.19. The van der Waals surface area contributed by atoms with Gasteiger partial charge in [0.2, 0.25) is 0 Å². The molecule has 6 nitrogen and oxygen atoms in total. The summed E-state index contributed by atoms with van der Waals surface area (Å²) in [5.74, 6) is -2.37. The number of fused-ring (bicyclic) bond motifs is 3. The number of esters is 2. The Hall–Kier alpha value is -3.71. The quantitative estimate of drug-likeness (QED) is 0.298. The highest BCUT2D eigenvalue weighted by Gasteiger charge is 2.55. The van der Waals surface area contributed by atoms with Crippen LogP contribution in [0.25, 0.3) is 27.1 Å². The van der Waals surface area contributed by atoms with Crippen LogP contribution in [0.15, 0.2) is 66.7 Å². The summed E-state index contributed by atoms with van der Waals surface area (Å²) in [6.45, 7) is 2.97. The maximum Gasteiger partial charge on any atom is 0.330 e. The number of nitrogens with zero attached hydrogens (tertiary/aromatic N) is 1. The molecule has 2 heterocycles. The Balaban J connectivity index is 1.65. The van der Waals surface area contributed by atoms with Gasteiger partial charge in [0.1, 0.15) is 5.75 Å². The SMILES string of the molecule is COc1ccc(/C=C/C2(c3nc4ccc5ccccc5c4s3)OC(=O)C(C)(C)C(=O)O2)cc1. The summed E-state index contributed by atoms with van der Waals surface area (Å²) in [4.78, 5) is 30.4. The van der Waals surface area contributed by atoms with Crippen molar-refractivity contribution in [2.24, 2.45) is 5.41 Å². The molecular weight excluding hydrogens is 438 g/mol. The first kappa shape index (κ1) is 21.2. The van der Waals surface area contributed by atoms with Crippen LogP contribution in [0, 0.1) is 5.41 Å². The number of ether oxygens (including phenoxy) is 3. The first-order chi connectivity index (χ1) is 15.8. The first-order valence-electron chi connectivity index (χ1n) is 10.4. The van der Waals surface area contributed by atoms with E-state index in [1.807, 2.05) is 60.7 Å². The molecule has 0 aliphatic carbocycles. The Morgan fingerprint density at radius 1 is 0.939 bits per heavy atom. The van der Waals surface area contributed by atoms with Crippen LogP contribution >= 0.6 is 11.3 Å². The van der Waals surface area contributed by atoms with Crippen molar-refractivity contribution >= 4 is 50.3 Å². The molecule has 33 heavy (non-hydrogen) atoms. The highest BCUT2D eigenvalue weighted by Crippen LogP contribution is 2.43. The van der Waals surface area contributed by atoms with E-state index in [-0.39, 0.29) is 0 Å². The van der Waals surface area contributed by atoms with Crippen molar-refractivity contribution in [1.29, 1.82) is 0 Å². The van der Waals surface area contributed by atoms with Gasteiger partial charge in [0, 0.05) is 11.5 Å². The average molecular weight is 460 g/mol. The zero-order valence-electron chi connectivity index (χ0n) is 18.3. The van der Waals surface area contributed by atoms with Crippen LogP contribution < -0.4 is 4.74 Å². The third-order valence-corrected chi connectivity index (χ3v) is 6.90. The van der Waals surface area contributed by atoms with Gasteiger partial charge >= 0.3 is 17.7 Å². The smallest absolute Gasteiger partial charge is 0.330 e. The molecule has 4 aromatic rings. The second-order valence-electron chi connectivity index (χ2n) is 8.33. The van der Waals surface area contributed by atoms with Crippen LogP contribution in [0.4, 0.5) is 0 Å². The van der Waals surface area contributed by atoms with Gasteiger partial charge in [-0.25, -0.2) is 4.98 Å². The molecule has 0 bridgehead atoms. The van der Waals surface area contributed by atoms with Crippen molar-refractivity contribution in [2.45, 2.75) is 19.6 Å². The van der Waals surface area contributed by atoms with Gasteiger partial charge in [-0.15, -0.1) is 11.3 Å². The Bertz CT molecular complexity index is 1400. The highest BCUT2D eigenvalue weighted by atomic mass is 32.1. The molecule has 3 aromatic carbocycles. The minimum atomic E-state index is -1.76. The monoisotopic (exact) mass is 459 g/mol. The molecule has 1 fully saturated rings. The summed E-state index contributed by atoms with van der Waals surface area (Å²) in [6, 6.07) is 19.2. The van der Waals surface area contributed by atoms with Gasteiger partial charge in [0.05, 0.1) is 17.3 Å². The molecule has 1 aliphatic heterocycles. The van der Waals surface area contributed by atoms with Crippen molar-refractivity contribution < 1.29 is 23.8 Å². The molecule has 1 aliphatic rings. The average Bonchev–Trinajstić information content (AvgIpc) is 3.27. The van der Waals surface area contributed by atoms with Crippen LogP contribution in [0.1, 0.15) is 24.4 Å². The molecule has 0 amide bonds. The molecule has 0 saturated carbocycles. The van der Waals surface area contributed by atoms with E-state index >= 15 is 0 Å². The number of carbonyl (C=O) groups is 2. The van der Waals surface area contributed by atoms with Crippen LogP contribution in [-0.2, 0) is 24.8 Å². The standard InChI is InChI=1S/C26H21NO5S/c1-25(2)23(28)31-26(32-24(25)29,15-14-16-8-11-18(30-3)12-9-16)22-27-20-13-10-17-6-4-5-7-19(17)21(20)33-22/h4-15H,1-3H3/b15-14+. The van der Waals surface area contributed by atoms with Crippen LogP contribution in [-0.4, -0.2) is 24.0 Å². The predicted molar refractivity (Wildman–Crippen MR) is 127 cm³/mol. The number of methoxy groups -OCH3 is 1. The van der Waals surface area contributed by atoms with Gasteiger partial charge in [-0.1, -0.05) is 48.5 Å². The Labute approximate surface area is 194 Å². The lowest BCUT2D eigenvalue weighted by molar-refractivity contribution is -0.248. The summed E-state index contributed by atoms with van der Waals surface area (Å²) in [5.41, 5.74) is 0.155. The maximum absolute atomic E-state index is 12.8. The minimum absolute atomic E-state index is 0.371. The van der Waals surface area contributed by atoms with Gasteiger partial charge < -0.3 is 14.2 Å². The lowest BCUT2D eigenvalue weighted by Gasteiger charge is -2.37. The molecule has 0 N–H and O–H groups in total. The van der Waals surface area contributed by atoms with E-state index in [1.54, 1.807) is 19.3 Å². The fourth-order valence-corrected chi connectivity index (χ4v) is 4.73. The van der Waals surface area contributed by atoms with Gasteiger partial charge in [-0.2, -0.15) is 0 Å². The molecule has 5 rings (SSSR count). The van der Waals surface area contributed by atoms with E-state index < -0.39 is 23.1 Å². The van der Waals surface area contributed by atoms with E-state index in [1.165, 1.54) is 25.2 Å². The summed E-state index contributed by atoms with van der Waals surface area (Å²) in [7, 11) is 1.60. The third kappa shape index (κ3) is 3.54. The van der Waals surface area contributed by atoms with Crippen LogP contribution in [0.5, 0.6) is 5.75 Å². The number of hydrogen-bond donors (Lipinski definition) is 0. The van der Waals surface area contributed by atoms with Gasteiger partial charge in [0.25, 0.3) is 0 Å². The second-order valence-corrected chi connectivity index (χ2v) is 9.33. The topological polar surface area (TPSA) is 74.7 Å². The number of aromatic nitrogens is 1. The van der Waals surface area contributed by atoms with E-state index in [2.05, 4.69) is 0 Å². The van der Waals surface area contributed by atoms with E-state index in [4.69, 9.17) is 19.2 Å². The normalized spacial score (nSPS) is 17.3. The third-order valence-electron chi connectivity index (χ3n) is 5.70.